The molecule has 2 unspecified atom stereocenters. The van der Waals surface area contributed by atoms with Crippen molar-refractivity contribution in [3.63, 3.8) is 0 Å². The summed E-state index contributed by atoms with van der Waals surface area (Å²) in [6.45, 7) is 4.96. The van der Waals surface area contributed by atoms with E-state index in [0.717, 1.165) is 18.7 Å². The summed E-state index contributed by atoms with van der Waals surface area (Å²) in [6.07, 6.45) is 6.14. The molecule has 0 fully saturated rings. The molecule has 4 nitrogen and oxygen atoms in total. The zero-order valence-corrected chi connectivity index (χ0v) is 8.77. The number of aromatic nitrogens is 2. The summed E-state index contributed by atoms with van der Waals surface area (Å²) in [5.74, 6) is 0. The predicted molar refractivity (Wildman–Crippen MR) is 56.7 cm³/mol. The van der Waals surface area contributed by atoms with Gasteiger partial charge >= 0.3 is 0 Å². The van der Waals surface area contributed by atoms with Crippen LogP contribution < -0.4 is 11.1 Å². The van der Waals surface area contributed by atoms with Crippen molar-refractivity contribution in [2.75, 3.05) is 6.54 Å². The summed E-state index contributed by atoms with van der Waals surface area (Å²) in [6, 6.07) is 0.426. The summed E-state index contributed by atoms with van der Waals surface area (Å²) in [5.41, 5.74) is 6.76. The van der Waals surface area contributed by atoms with Gasteiger partial charge in [0.05, 0.1) is 5.69 Å². The topological polar surface area (TPSA) is 63.8 Å². The van der Waals surface area contributed by atoms with E-state index in [1.807, 2.05) is 0 Å². The van der Waals surface area contributed by atoms with Gasteiger partial charge in [-0.15, -0.1) is 0 Å². The van der Waals surface area contributed by atoms with Gasteiger partial charge in [0, 0.05) is 37.2 Å². The minimum Gasteiger partial charge on any atom is -0.327 e. The summed E-state index contributed by atoms with van der Waals surface area (Å²) in [4.78, 5) is 8.24. The van der Waals surface area contributed by atoms with Crippen molar-refractivity contribution in [2.24, 2.45) is 5.73 Å². The number of hydrogen-bond acceptors (Lipinski definition) is 4. The summed E-state index contributed by atoms with van der Waals surface area (Å²) >= 11 is 0. The molecule has 0 spiro atoms. The molecule has 1 heterocycles. The van der Waals surface area contributed by atoms with Gasteiger partial charge in [0.2, 0.25) is 0 Å². The van der Waals surface area contributed by atoms with Gasteiger partial charge in [0.15, 0.2) is 0 Å². The Morgan fingerprint density at radius 1 is 1.50 bits per heavy atom. The van der Waals surface area contributed by atoms with E-state index in [-0.39, 0.29) is 12.1 Å². The highest BCUT2D eigenvalue weighted by molar-refractivity contribution is 5.00. The summed E-state index contributed by atoms with van der Waals surface area (Å²) < 4.78 is 0. The molecule has 78 valence electrons. The van der Waals surface area contributed by atoms with Crippen LogP contribution in [0.15, 0.2) is 18.6 Å². The van der Waals surface area contributed by atoms with Crippen molar-refractivity contribution in [1.82, 2.24) is 15.3 Å². The van der Waals surface area contributed by atoms with Crippen molar-refractivity contribution in [1.29, 1.82) is 0 Å². The average Bonchev–Trinajstić information content (AvgIpc) is 2.26. The van der Waals surface area contributed by atoms with Crippen LogP contribution in [-0.2, 0) is 0 Å². The van der Waals surface area contributed by atoms with E-state index in [1.54, 1.807) is 18.6 Å². The van der Waals surface area contributed by atoms with E-state index in [1.165, 1.54) is 0 Å². The highest BCUT2D eigenvalue weighted by Gasteiger charge is 2.07. The van der Waals surface area contributed by atoms with Crippen LogP contribution in [0.5, 0.6) is 0 Å². The molecule has 1 rings (SSSR count). The quantitative estimate of drug-likeness (QED) is 0.730. The lowest BCUT2D eigenvalue weighted by Crippen LogP contribution is -2.34. The van der Waals surface area contributed by atoms with E-state index < -0.39 is 0 Å². The Hall–Kier alpha value is -1.00. The van der Waals surface area contributed by atoms with Gasteiger partial charge < -0.3 is 11.1 Å². The molecule has 14 heavy (non-hydrogen) atoms. The molecule has 1 aromatic heterocycles. The van der Waals surface area contributed by atoms with Crippen LogP contribution in [0.4, 0.5) is 0 Å². The van der Waals surface area contributed by atoms with E-state index in [9.17, 15) is 0 Å². The lowest BCUT2D eigenvalue weighted by Gasteiger charge is -2.15. The van der Waals surface area contributed by atoms with E-state index in [0.29, 0.717) is 0 Å². The van der Waals surface area contributed by atoms with E-state index in [4.69, 9.17) is 5.73 Å². The van der Waals surface area contributed by atoms with Crippen LogP contribution in [0, 0.1) is 0 Å². The fourth-order valence-electron chi connectivity index (χ4n) is 1.11. The molecule has 0 aromatic carbocycles. The lowest BCUT2D eigenvalue weighted by atomic mass is 10.2. The molecule has 4 heteroatoms. The van der Waals surface area contributed by atoms with Crippen molar-refractivity contribution >= 4 is 0 Å². The van der Waals surface area contributed by atoms with Gasteiger partial charge in [0.25, 0.3) is 0 Å². The first-order valence-electron chi connectivity index (χ1n) is 4.99. The summed E-state index contributed by atoms with van der Waals surface area (Å²) in [7, 11) is 0. The zero-order valence-electron chi connectivity index (χ0n) is 8.77. The lowest BCUT2D eigenvalue weighted by molar-refractivity contribution is 0.500. The van der Waals surface area contributed by atoms with Gasteiger partial charge in [-0.05, 0) is 13.3 Å². The molecular formula is C10H18N4. The van der Waals surface area contributed by atoms with Gasteiger partial charge in [-0.3, -0.25) is 9.97 Å². The molecule has 0 radical (unpaired) electrons. The monoisotopic (exact) mass is 194 g/mol. The third kappa shape index (κ3) is 3.40. The van der Waals surface area contributed by atoms with Crippen LogP contribution in [-0.4, -0.2) is 22.6 Å². The fraction of sp³-hybridized carbons (Fsp3) is 0.600. The van der Waals surface area contributed by atoms with Gasteiger partial charge in [-0.25, -0.2) is 0 Å². The zero-order chi connectivity index (χ0) is 10.4. The highest BCUT2D eigenvalue weighted by Crippen LogP contribution is 2.05. The second-order valence-electron chi connectivity index (χ2n) is 3.43. The maximum Gasteiger partial charge on any atom is 0.0753 e. The molecule has 1 aromatic rings. The average molecular weight is 194 g/mol. The smallest absolute Gasteiger partial charge is 0.0753 e. The Kier molecular flexibility index (Phi) is 4.49. The Bertz CT molecular complexity index is 250. The third-order valence-corrected chi connectivity index (χ3v) is 2.24. The summed E-state index contributed by atoms with van der Waals surface area (Å²) in [5, 5.41) is 3.32. The van der Waals surface area contributed by atoms with Gasteiger partial charge in [-0.2, -0.15) is 0 Å². The van der Waals surface area contributed by atoms with Crippen LogP contribution in [0.3, 0.4) is 0 Å². The molecule has 0 bridgehead atoms. The molecule has 0 aliphatic rings. The fourth-order valence-corrected chi connectivity index (χ4v) is 1.11. The number of nitrogens with zero attached hydrogens (tertiary/aromatic N) is 2. The minimum atomic E-state index is 0.210. The third-order valence-electron chi connectivity index (χ3n) is 2.24. The van der Waals surface area contributed by atoms with Crippen molar-refractivity contribution in [2.45, 2.75) is 32.4 Å². The SMILES string of the molecule is CCC(N)CNC(C)c1cnccn1. The van der Waals surface area contributed by atoms with Crippen LogP contribution in [0.1, 0.15) is 32.0 Å². The maximum atomic E-state index is 5.80. The molecule has 3 N–H and O–H groups in total. The van der Waals surface area contributed by atoms with E-state index >= 15 is 0 Å². The largest absolute Gasteiger partial charge is 0.327 e. The number of rotatable bonds is 5. The molecule has 0 aliphatic carbocycles. The second-order valence-corrected chi connectivity index (χ2v) is 3.43. The standard InChI is InChI=1S/C10H18N4/c1-3-9(11)6-14-8(2)10-7-12-4-5-13-10/h4-5,7-9,14H,3,6,11H2,1-2H3. The molecule has 0 saturated heterocycles. The Morgan fingerprint density at radius 3 is 2.86 bits per heavy atom. The van der Waals surface area contributed by atoms with Crippen molar-refractivity contribution < 1.29 is 0 Å². The molecule has 0 saturated carbocycles. The Labute approximate surface area is 85.0 Å². The first kappa shape index (κ1) is 11.1. The van der Waals surface area contributed by atoms with E-state index in [2.05, 4.69) is 29.1 Å². The van der Waals surface area contributed by atoms with Crippen LogP contribution in [0.2, 0.25) is 0 Å². The van der Waals surface area contributed by atoms with Crippen molar-refractivity contribution in [3.05, 3.63) is 24.3 Å². The van der Waals surface area contributed by atoms with Crippen LogP contribution in [0.25, 0.3) is 0 Å². The van der Waals surface area contributed by atoms with Crippen LogP contribution >= 0.6 is 0 Å². The van der Waals surface area contributed by atoms with Gasteiger partial charge in [0.1, 0.15) is 0 Å². The second kappa shape index (κ2) is 5.67. The van der Waals surface area contributed by atoms with Crippen molar-refractivity contribution in [3.8, 4) is 0 Å². The normalized spacial score (nSPS) is 15.1. The first-order valence-corrected chi connectivity index (χ1v) is 4.99. The predicted octanol–water partition coefficient (Wildman–Crippen LogP) is 0.864. The Balaban J connectivity index is 2.39. The first-order chi connectivity index (χ1) is 6.74. The molecule has 0 amide bonds. The van der Waals surface area contributed by atoms with Gasteiger partial charge in [-0.1, -0.05) is 6.92 Å². The number of nitrogens with two attached hydrogens (primary N) is 1. The number of hydrogen-bond donors (Lipinski definition) is 2. The Morgan fingerprint density at radius 2 is 2.29 bits per heavy atom. The molecular weight excluding hydrogens is 176 g/mol. The minimum absolute atomic E-state index is 0.210. The highest BCUT2D eigenvalue weighted by atomic mass is 15.0. The molecule has 0 aliphatic heterocycles. The number of nitrogens with one attached hydrogen (secondary N) is 1. The maximum absolute atomic E-state index is 5.80. The molecule has 2 atom stereocenters.